The van der Waals surface area contributed by atoms with Gasteiger partial charge in [-0.2, -0.15) is 9.57 Å². The smallest absolute Gasteiger partial charge is 0.244 e. The van der Waals surface area contributed by atoms with E-state index in [0.29, 0.717) is 12.8 Å². The molecule has 29 heavy (non-hydrogen) atoms. The van der Waals surface area contributed by atoms with Crippen LogP contribution in [0.1, 0.15) is 37.5 Å². The summed E-state index contributed by atoms with van der Waals surface area (Å²) in [5.41, 5.74) is 0.137. The molecule has 0 radical (unpaired) electrons. The van der Waals surface area contributed by atoms with Gasteiger partial charge in [-0.1, -0.05) is 12.1 Å². The summed E-state index contributed by atoms with van der Waals surface area (Å²) in [6.45, 7) is 2.49. The minimum absolute atomic E-state index is 0.0110. The highest BCUT2D eigenvalue weighted by Crippen LogP contribution is 2.26. The molecule has 7 nitrogen and oxygen atoms in total. The first-order valence-corrected chi connectivity index (χ1v) is 11.2. The number of amides is 1. The van der Waals surface area contributed by atoms with Crippen LogP contribution in [-0.4, -0.2) is 37.8 Å². The second kappa shape index (κ2) is 9.25. The number of hydrogen-bond donors (Lipinski definition) is 1. The predicted molar refractivity (Wildman–Crippen MR) is 107 cm³/mol. The van der Waals surface area contributed by atoms with Crippen molar-refractivity contribution >= 4 is 15.9 Å². The van der Waals surface area contributed by atoms with Gasteiger partial charge in [0, 0.05) is 31.5 Å². The van der Waals surface area contributed by atoms with E-state index >= 15 is 0 Å². The first-order valence-electron chi connectivity index (χ1n) is 9.74. The van der Waals surface area contributed by atoms with Crippen LogP contribution in [0.5, 0.6) is 0 Å². The van der Waals surface area contributed by atoms with Crippen molar-refractivity contribution < 1.29 is 17.6 Å². The lowest BCUT2D eigenvalue weighted by atomic mass is 9.96. The highest BCUT2D eigenvalue weighted by atomic mass is 32.2. The highest BCUT2D eigenvalue weighted by molar-refractivity contribution is 7.89. The summed E-state index contributed by atoms with van der Waals surface area (Å²) in [5, 5.41) is 12.2. The summed E-state index contributed by atoms with van der Waals surface area (Å²) in [5.74, 6) is 0.646. The Morgan fingerprint density at radius 3 is 2.66 bits per heavy atom. The Morgan fingerprint density at radius 1 is 1.28 bits per heavy atom. The number of furan rings is 1. The summed E-state index contributed by atoms with van der Waals surface area (Å²) in [7, 11) is -3.74. The van der Waals surface area contributed by atoms with E-state index in [4.69, 9.17) is 4.42 Å². The van der Waals surface area contributed by atoms with Gasteiger partial charge in [0.15, 0.2) is 0 Å². The Labute approximate surface area is 171 Å². The normalized spacial score (nSPS) is 16.8. The fourth-order valence-electron chi connectivity index (χ4n) is 3.53. The van der Waals surface area contributed by atoms with E-state index in [1.807, 2.05) is 25.1 Å². The summed E-state index contributed by atoms with van der Waals surface area (Å²) >= 11 is 0. The summed E-state index contributed by atoms with van der Waals surface area (Å²) in [6.07, 6.45) is 4.09. The van der Waals surface area contributed by atoms with Gasteiger partial charge in [0.2, 0.25) is 15.9 Å². The maximum absolute atomic E-state index is 12.9. The van der Waals surface area contributed by atoms with Gasteiger partial charge in [-0.05, 0) is 50.5 Å². The minimum Gasteiger partial charge on any atom is -0.469 e. The summed E-state index contributed by atoms with van der Waals surface area (Å²) in [6, 6.07) is 11.9. The zero-order valence-electron chi connectivity index (χ0n) is 16.4. The van der Waals surface area contributed by atoms with E-state index in [0.717, 1.165) is 18.6 Å². The van der Waals surface area contributed by atoms with E-state index in [-0.39, 0.29) is 41.4 Å². The van der Waals surface area contributed by atoms with Gasteiger partial charge in [-0.15, -0.1) is 0 Å². The Balaban J connectivity index is 1.53. The number of benzene rings is 1. The van der Waals surface area contributed by atoms with E-state index in [1.165, 1.54) is 16.4 Å². The van der Waals surface area contributed by atoms with Crippen molar-refractivity contribution in [2.24, 2.45) is 5.92 Å². The number of nitrogens with one attached hydrogen (secondary N) is 1. The average molecular weight is 416 g/mol. The molecule has 2 aromatic rings. The molecule has 1 fully saturated rings. The molecule has 8 heteroatoms. The van der Waals surface area contributed by atoms with Crippen LogP contribution in [0.25, 0.3) is 0 Å². The minimum atomic E-state index is -3.74. The molecule has 1 aliphatic rings. The monoisotopic (exact) mass is 415 g/mol. The third-order valence-electron chi connectivity index (χ3n) is 5.24. The molecular formula is C21H25N3O4S. The lowest BCUT2D eigenvalue weighted by Crippen LogP contribution is -2.45. The highest BCUT2D eigenvalue weighted by Gasteiger charge is 2.33. The van der Waals surface area contributed by atoms with E-state index in [1.54, 1.807) is 18.4 Å². The second-order valence-corrected chi connectivity index (χ2v) is 9.22. The van der Waals surface area contributed by atoms with Crippen LogP contribution in [0.3, 0.4) is 0 Å². The Kier molecular flexibility index (Phi) is 6.72. The molecule has 1 N–H and O–H groups in total. The van der Waals surface area contributed by atoms with E-state index in [2.05, 4.69) is 5.32 Å². The van der Waals surface area contributed by atoms with Crippen molar-refractivity contribution in [1.29, 1.82) is 5.26 Å². The van der Waals surface area contributed by atoms with Gasteiger partial charge in [0.05, 0.1) is 16.7 Å². The van der Waals surface area contributed by atoms with Gasteiger partial charge < -0.3 is 9.73 Å². The SMILES string of the molecule is C[C@@H](CCc1ccco1)NC(=O)C1CCN(S(=O)(=O)c2ccccc2C#N)CC1. The Morgan fingerprint density at radius 2 is 2.00 bits per heavy atom. The van der Waals surface area contributed by atoms with Crippen molar-refractivity contribution in [3.8, 4) is 6.07 Å². The Bertz CT molecular complexity index is 972. The molecule has 0 aliphatic carbocycles. The fraction of sp³-hybridized carbons (Fsp3) is 0.429. The molecule has 0 spiro atoms. The molecular weight excluding hydrogens is 390 g/mol. The molecule has 0 saturated carbocycles. The first-order chi connectivity index (χ1) is 13.9. The molecule has 0 bridgehead atoms. The van der Waals surface area contributed by atoms with Crippen LogP contribution in [-0.2, 0) is 21.2 Å². The number of nitrogens with zero attached hydrogens (tertiary/aromatic N) is 2. The lowest BCUT2D eigenvalue weighted by molar-refractivity contribution is -0.126. The van der Waals surface area contributed by atoms with Crippen molar-refractivity contribution in [2.75, 3.05) is 13.1 Å². The third kappa shape index (κ3) is 5.05. The molecule has 1 amide bonds. The largest absolute Gasteiger partial charge is 0.469 e. The van der Waals surface area contributed by atoms with Gasteiger partial charge in [0.25, 0.3) is 0 Å². The van der Waals surface area contributed by atoms with Gasteiger partial charge in [-0.25, -0.2) is 8.42 Å². The van der Waals surface area contributed by atoms with E-state index in [9.17, 15) is 18.5 Å². The quantitative estimate of drug-likeness (QED) is 0.749. The predicted octanol–water partition coefficient (Wildman–Crippen LogP) is 2.69. The molecule has 3 rings (SSSR count). The number of aryl methyl sites for hydroxylation is 1. The zero-order valence-corrected chi connectivity index (χ0v) is 17.2. The number of piperidine rings is 1. The topological polar surface area (TPSA) is 103 Å². The van der Waals surface area contributed by atoms with Crippen LogP contribution in [0, 0.1) is 17.2 Å². The fourth-order valence-corrected chi connectivity index (χ4v) is 5.14. The number of nitriles is 1. The van der Waals surface area contributed by atoms with Crippen molar-refractivity contribution in [1.82, 2.24) is 9.62 Å². The molecule has 154 valence electrons. The maximum atomic E-state index is 12.9. The van der Waals surface area contributed by atoms with Gasteiger partial charge in [0.1, 0.15) is 11.8 Å². The van der Waals surface area contributed by atoms with Crippen LogP contribution in [0.4, 0.5) is 0 Å². The van der Waals surface area contributed by atoms with Gasteiger partial charge >= 0.3 is 0 Å². The molecule has 1 saturated heterocycles. The lowest BCUT2D eigenvalue weighted by Gasteiger charge is -2.31. The van der Waals surface area contributed by atoms with Crippen LogP contribution in [0.2, 0.25) is 0 Å². The molecule has 1 aromatic carbocycles. The van der Waals surface area contributed by atoms with Crippen molar-refractivity contribution in [2.45, 2.75) is 43.5 Å². The Hall–Kier alpha value is -2.63. The van der Waals surface area contributed by atoms with Crippen LogP contribution < -0.4 is 5.32 Å². The average Bonchev–Trinajstić information content (AvgIpc) is 3.26. The zero-order chi connectivity index (χ0) is 20.9. The third-order valence-corrected chi connectivity index (χ3v) is 7.20. The van der Waals surface area contributed by atoms with Crippen molar-refractivity contribution in [3.63, 3.8) is 0 Å². The number of carbonyl (C=O) groups excluding carboxylic acids is 1. The number of carbonyl (C=O) groups is 1. The summed E-state index contributed by atoms with van der Waals surface area (Å²) in [4.78, 5) is 12.6. The molecule has 1 atom stereocenters. The van der Waals surface area contributed by atoms with Gasteiger partial charge in [-0.3, -0.25) is 4.79 Å². The molecule has 1 aromatic heterocycles. The first kappa shape index (κ1) is 21.1. The number of hydrogen-bond acceptors (Lipinski definition) is 5. The van der Waals surface area contributed by atoms with Crippen LogP contribution >= 0.6 is 0 Å². The molecule has 0 unspecified atom stereocenters. The standard InChI is InChI=1S/C21H25N3O4S/c1-16(8-9-19-6-4-14-28-19)23-21(25)17-10-12-24(13-11-17)29(26,27)20-7-3-2-5-18(20)15-22/h2-7,14,16-17H,8-13H2,1H3,(H,23,25)/t16-/m0/s1. The second-order valence-electron chi connectivity index (χ2n) is 7.31. The maximum Gasteiger partial charge on any atom is 0.244 e. The number of sulfonamides is 1. The molecule has 1 aliphatic heterocycles. The van der Waals surface area contributed by atoms with Crippen LogP contribution in [0.15, 0.2) is 52.0 Å². The molecule has 2 heterocycles. The number of rotatable bonds is 7. The summed E-state index contributed by atoms with van der Waals surface area (Å²) < 4.78 is 32.4. The van der Waals surface area contributed by atoms with Crippen molar-refractivity contribution in [3.05, 3.63) is 54.0 Å². The van der Waals surface area contributed by atoms with E-state index < -0.39 is 10.0 Å².